The first-order chi connectivity index (χ1) is 11.8. The zero-order valence-electron chi connectivity index (χ0n) is 13.9. The number of ether oxygens (including phenoxy) is 1. The summed E-state index contributed by atoms with van der Waals surface area (Å²) in [7, 11) is -3.92. The molecule has 25 heavy (non-hydrogen) atoms. The number of Topliss-reactive ketones (excluding diaryl/α,β-unsaturated/α-hetero) is 1. The van der Waals surface area contributed by atoms with Crippen LogP contribution < -0.4 is 15.0 Å². The lowest BCUT2D eigenvalue weighted by Crippen LogP contribution is -2.29. The van der Waals surface area contributed by atoms with Crippen LogP contribution in [0, 0.1) is 6.92 Å². The maximum absolute atomic E-state index is 12.6. The van der Waals surface area contributed by atoms with Crippen molar-refractivity contribution in [3.05, 3.63) is 51.9 Å². The normalized spacial score (nSPS) is 13.2. The third-order valence-electron chi connectivity index (χ3n) is 3.99. The van der Waals surface area contributed by atoms with Crippen LogP contribution in [-0.2, 0) is 27.8 Å². The molecule has 0 atom stereocenters. The van der Waals surface area contributed by atoms with E-state index in [1.165, 1.54) is 23.6 Å². The summed E-state index contributed by atoms with van der Waals surface area (Å²) in [6.07, 6.45) is 0.647. The van der Waals surface area contributed by atoms with Gasteiger partial charge in [0.2, 0.25) is 0 Å². The molecule has 8 heteroatoms. The molecule has 0 bridgehead atoms. The minimum absolute atomic E-state index is 0.0647. The smallest absolute Gasteiger partial charge is 0.275 e. The van der Waals surface area contributed by atoms with Crippen molar-refractivity contribution < 1.29 is 17.9 Å². The summed E-state index contributed by atoms with van der Waals surface area (Å²) in [6, 6.07) is 7.60. The molecule has 1 N–H and O–H groups in total. The average Bonchev–Trinajstić information content (AvgIpc) is 3.01. The van der Waals surface area contributed by atoms with Gasteiger partial charge in [0, 0.05) is 12.1 Å². The molecule has 1 aliphatic rings. The highest BCUT2D eigenvalue weighted by Crippen LogP contribution is 2.28. The largest absolute Gasteiger partial charge is 0.493 e. The van der Waals surface area contributed by atoms with Gasteiger partial charge in [-0.3, -0.25) is 14.3 Å². The summed E-state index contributed by atoms with van der Waals surface area (Å²) >= 11 is 0. The molecule has 132 valence electrons. The maximum Gasteiger partial charge on any atom is 0.275 e. The number of fused-ring (bicyclic) bond motifs is 1. The minimum Gasteiger partial charge on any atom is -0.493 e. The van der Waals surface area contributed by atoms with Gasteiger partial charge in [-0.2, -0.15) is 0 Å². The van der Waals surface area contributed by atoms with Crippen molar-refractivity contribution in [3.63, 3.8) is 0 Å². The van der Waals surface area contributed by atoms with E-state index in [9.17, 15) is 18.0 Å². The zero-order chi connectivity index (χ0) is 18.2. The molecule has 2 heterocycles. The van der Waals surface area contributed by atoms with Gasteiger partial charge in [0.25, 0.3) is 15.6 Å². The van der Waals surface area contributed by atoms with Gasteiger partial charge in [0.05, 0.1) is 18.0 Å². The van der Waals surface area contributed by atoms with E-state index in [0.29, 0.717) is 24.5 Å². The fourth-order valence-electron chi connectivity index (χ4n) is 2.70. The summed E-state index contributed by atoms with van der Waals surface area (Å²) in [5, 5.41) is 0. The number of nitrogens with zero attached hydrogens (tertiary/aromatic N) is 1. The molecule has 1 aliphatic heterocycles. The lowest BCUT2D eigenvalue weighted by atomic mass is 10.2. The number of sulfonamides is 1. The molecule has 0 amide bonds. The highest BCUT2D eigenvalue weighted by atomic mass is 32.2. The number of nitrogens with one attached hydrogen (secondary N) is 1. The van der Waals surface area contributed by atoms with E-state index in [1.54, 1.807) is 25.1 Å². The third kappa shape index (κ3) is 3.43. The van der Waals surface area contributed by atoms with Crippen LogP contribution in [0.2, 0.25) is 0 Å². The second kappa shape index (κ2) is 6.36. The number of aryl methyl sites for hydroxylation is 1. The number of benzene rings is 1. The first kappa shape index (κ1) is 17.2. The molecule has 2 aromatic rings. The van der Waals surface area contributed by atoms with Crippen LogP contribution in [0.5, 0.6) is 5.75 Å². The molecule has 0 saturated carbocycles. The lowest BCUT2D eigenvalue weighted by Gasteiger charge is -2.12. The Morgan fingerprint density at radius 2 is 2.04 bits per heavy atom. The third-order valence-corrected chi connectivity index (χ3v) is 5.35. The summed E-state index contributed by atoms with van der Waals surface area (Å²) in [5.41, 5.74) is 0.755. The molecule has 0 unspecified atom stereocenters. The molecule has 1 aromatic heterocycles. The second-order valence-corrected chi connectivity index (χ2v) is 7.64. The Morgan fingerprint density at radius 1 is 1.28 bits per heavy atom. The van der Waals surface area contributed by atoms with Crippen LogP contribution in [0.1, 0.15) is 18.2 Å². The predicted molar refractivity (Wildman–Crippen MR) is 92.6 cm³/mol. The number of hydrogen-bond acceptors (Lipinski definition) is 5. The van der Waals surface area contributed by atoms with Crippen molar-refractivity contribution in [1.29, 1.82) is 0 Å². The van der Waals surface area contributed by atoms with Gasteiger partial charge in [0.15, 0.2) is 0 Å². The fourth-order valence-corrected chi connectivity index (χ4v) is 3.81. The highest BCUT2D eigenvalue weighted by molar-refractivity contribution is 7.92. The molecule has 7 nitrogen and oxygen atoms in total. The van der Waals surface area contributed by atoms with Crippen LogP contribution in [0.3, 0.4) is 0 Å². The molecule has 1 aromatic carbocycles. The summed E-state index contributed by atoms with van der Waals surface area (Å²) in [6.45, 7) is 3.48. The van der Waals surface area contributed by atoms with Gasteiger partial charge >= 0.3 is 0 Å². The second-order valence-electron chi connectivity index (χ2n) is 5.96. The van der Waals surface area contributed by atoms with Crippen LogP contribution in [0.15, 0.2) is 40.0 Å². The Balaban J connectivity index is 1.96. The van der Waals surface area contributed by atoms with Crippen LogP contribution in [0.4, 0.5) is 5.69 Å². The van der Waals surface area contributed by atoms with Gasteiger partial charge < -0.3 is 9.30 Å². The Kier molecular flexibility index (Phi) is 4.38. The molecule has 0 fully saturated rings. The number of hydrogen-bond donors (Lipinski definition) is 1. The van der Waals surface area contributed by atoms with Crippen molar-refractivity contribution in [3.8, 4) is 5.75 Å². The molecule has 0 spiro atoms. The fraction of sp³-hybridized carbons (Fsp3) is 0.294. The van der Waals surface area contributed by atoms with Crippen molar-refractivity contribution >= 4 is 21.5 Å². The monoisotopic (exact) mass is 362 g/mol. The van der Waals surface area contributed by atoms with Crippen molar-refractivity contribution in [2.24, 2.45) is 0 Å². The van der Waals surface area contributed by atoms with Gasteiger partial charge in [-0.1, -0.05) is 0 Å². The molecular weight excluding hydrogens is 344 g/mol. The summed E-state index contributed by atoms with van der Waals surface area (Å²) in [5.74, 6) is 0.488. The molecule has 0 saturated heterocycles. The molecule has 0 radical (unpaired) electrons. The van der Waals surface area contributed by atoms with Crippen LogP contribution in [0.25, 0.3) is 0 Å². The van der Waals surface area contributed by atoms with Gasteiger partial charge in [0.1, 0.15) is 17.2 Å². The van der Waals surface area contributed by atoms with Crippen LogP contribution >= 0.6 is 0 Å². The Morgan fingerprint density at radius 3 is 2.76 bits per heavy atom. The number of aromatic nitrogens is 1. The quantitative estimate of drug-likeness (QED) is 0.869. The number of pyridine rings is 1. The van der Waals surface area contributed by atoms with Crippen molar-refractivity contribution in [1.82, 2.24) is 4.57 Å². The van der Waals surface area contributed by atoms with E-state index in [0.717, 1.165) is 5.56 Å². The Hall–Kier alpha value is -2.61. The van der Waals surface area contributed by atoms with Crippen LogP contribution in [-0.4, -0.2) is 25.4 Å². The van der Waals surface area contributed by atoms with Gasteiger partial charge in [-0.25, -0.2) is 8.42 Å². The van der Waals surface area contributed by atoms with Crippen molar-refractivity contribution in [2.75, 3.05) is 11.3 Å². The predicted octanol–water partition coefficient (Wildman–Crippen LogP) is 1.48. The minimum atomic E-state index is -3.92. The van der Waals surface area contributed by atoms with E-state index in [4.69, 9.17) is 4.74 Å². The number of carbonyl (C=O) groups is 1. The Labute approximate surface area is 145 Å². The van der Waals surface area contributed by atoms with Crippen molar-refractivity contribution in [2.45, 2.75) is 31.7 Å². The van der Waals surface area contributed by atoms with E-state index >= 15 is 0 Å². The maximum atomic E-state index is 12.6. The highest BCUT2D eigenvalue weighted by Gasteiger charge is 2.21. The number of rotatable bonds is 5. The summed E-state index contributed by atoms with van der Waals surface area (Å²) in [4.78, 5) is 23.9. The average molecular weight is 362 g/mol. The molecule has 3 rings (SSSR count). The first-order valence-corrected chi connectivity index (χ1v) is 9.25. The van der Waals surface area contributed by atoms with E-state index in [-0.39, 0.29) is 22.9 Å². The van der Waals surface area contributed by atoms with E-state index in [1.807, 2.05) is 0 Å². The number of carbonyl (C=O) groups excluding carboxylic acids is 1. The zero-order valence-corrected chi connectivity index (χ0v) is 14.7. The van der Waals surface area contributed by atoms with Gasteiger partial charge in [-0.05, 0) is 49.7 Å². The van der Waals surface area contributed by atoms with Gasteiger partial charge in [-0.15, -0.1) is 0 Å². The SMILES string of the molecule is CC(=O)Cn1c(C)ccc(NS(=O)(=O)c2ccc3c(c2)CCO3)c1=O. The first-order valence-electron chi connectivity index (χ1n) is 7.76. The lowest BCUT2D eigenvalue weighted by molar-refractivity contribution is -0.117. The molecular formula is C17H18N2O5S. The summed E-state index contributed by atoms with van der Waals surface area (Å²) < 4.78 is 34.1. The number of ketones is 1. The Bertz CT molecular complexity index is 1010. The molecule has 0 aliphatic carbocycles. The van der Waals surface area contributed by atoms with E-state index in [2.05, 4.69) is 4.72 Å². The van der Waals surface area contributed by atoms with E-state index < -0.39 is 15.6 Å². The number of anilines is 1. The topological polar surface area (TPSA) is 94.5 Å². The standard InChI is InChI=1S/C17H18N2O5S/c1-11-3-5-15(17(21)19(11)10-12(2)20)18-25(22,23)14-4-6-16-13(9-14)7-8-24-16/h3-6,9,18H,7-8,10H2,1-2H3.